The van der Waals surface area contributed by atoms with Crippen LogP contribution in [0, 0.1) is 5.92 Å². The summed E-state index contributed by atoms with van der Waals surface area (Å²) in [5, 5.41) is 3.77. The fraction of sp³-hybridized carbons (Fsp3) is 0.524. The van der Waals surface area contributed by atoms with Crippen LogP contribution in [-0.4, -0.2) is 42.6 Å². The number of alkyl halides is 3. The average molecular weight is 426 g/mol. The molecular formula is C21H23ClF3N3O. The summed E-state index contributed by atoms with van der Waals surface area (Å²) < 4.78 is 40.1. The predicted molar refractivity (Wildman–Crippen MR) is 108 cm³/mol. The van der Waals surface area contributed by atoms with E-state index in [9.17, 15) is 18.0 Å². The first-order chi connectivity index (χ1) is 13.8. The Morgan fingerprint density at radius 2 is 1.97 bits per heavy atom. The molecule has 8 heteroatoms. The van der Waals surface area contributed by atoms with Crippen LogP contribution in [0.5, 0.6) is 0 Å². The smallest absolute Gasteiger partial charge is 0.253 e. The van der Waals surface area contributed by atoms with E-state index in [2.05, 4.69) is 10.3 Å². The number of halogens is 4. The van der Waals surface area contributed by atoms with E-state index in [1.807, 2.05) is 4.90 Å². The lowest BCUT2D eigenvalue weighted by atomic mass is 9.87. The quantitative estimate of drug-likeness (QED) is 0.750. The highest BCUT2D eigenvalue weighted by atomic mass is 35.5. The number of benzene rings is 1. The van der Waals surface area contributed by atoms with Crippen LogP contribution in [0.1, 0.15) is 42.5 Å². The third kappa shape index (κ3) is 4.44. The van der Waals surface area contributed by atoms with Crippen molar-refractivity contribution in [3.05, 3.63) is 34.9 Å². The lowest BCUT2D eigenvalue weighted by molar-refractivity contribution is -0.0452. The van der Waals surface area contributed by atoms with Crippen molar-refractivity contribution in [1.82, 2.24) is 10.3 Å². The minimum Gasteiger partial charge on any atom is -0.354 e. The van der Waals surface area contributed by atoms with Gasteiger partial charge in [0.25, 0.3) is 5.91 Å². The number of nitrogens with zero attached hydrogens (tertiary/aromatic N) is 2. The van der Waals surface area contributed by atoms with Crippen molar-refractivity contribution in [3.8, 4) is 0 Å². The van der Waals surface area contributed by atoms with Crippen molar-refractivity contribution >= 4 is 34.2 Å². The molecule has 2 fully saturated rings. The number of hydrogen-bond acceptors (Lipinski definition) is 3. The van der Waals surface area contributed by atoms with Crippen molar-refractivity contribution in [3.63, 3.8) is 0 Å². The largest absolute Gasteiger partial charge is 0.354 e. The molecule has 1 aromatic carbocycles. The molecule has 0 unspecified atom stereocenters. The lowest BCUT2D eigenvalue weighted by Crippen LogP contribution is -2.34. The third-order valence-corrected chi connectivity index (χ3v) is 6.19. The first-order valence-electron chi connectivity index (χ1n) is 9.97. The van der Waals surface area contributed by atoms with Gasteiger partial charge in [0.15, 0.2) is 0 Å². The average Bonchev–Trinajstić information content (AvgIpc) is 3.13. The second-order valence-electron chi connectivity index (χ2n) is 8.00. The van der Waals surface area contributed by atoms with E-state index >= 15 is 0 Å². The Morgan fingerprint density at radius 3 is 2.66 bits per heavy atom. The second-order valence-corrected chi connectivity index (χ2v) is 8.41. The molecule has 0 spiro atoms. The van der Waals surface area contributed by atoms with Crippen LogP contribution < -0.4 is 10.2 Å². The number of carbonyl (C=O) groups excluding carboxylic acids is 1. The van der Waals surface area contributed by atoms with Gasteiger partial charge in [-0.2, -0.15) is 0 Å². The molecule has 0 radical (unpaired) electrons. The van der Waals surface area contributed by atoms with Crippen LogP contribution in [0.25, 0.3) is 10.9 Å². The van der Waals surface area contributed by atoms with Crippen LogP contribution >= 0.6 is 11.6 Å². The topological polar surface area (TPSA) is 45.2 Å². The van der Waals surface area contributed by atoms with Gasteiger partial charge in [-0.05, 0) is 49.4 Å². The van der Waals surface area contributed by atoms with Gasteiger partial charge in [-0.3, -0.25) is 4.79 Å². The maximum atomic E-state index is 13.5. The highest BCUT2D eigenvalue weighted by molar-refractivity contribution is 6.35. The van der Waals surface area contributed by atoms with E-state index in [1.165, 1.54) is 0 Å². The number of anilines is 1. The first kappa shape index (κ1) is 20.3. The van der Waals surface area contributed by atoms with E-state index in [0.29, 0.717) is 66.2 Å². The molecular weight excluding hydrogens is 403 g/mol. The van der Waals surface area contributed by atoms with Crippen molar-refractivity contribution in [2.75, 3.05) is 24.5 Å². The van der Waals surface area contributed by atoms with Crippen molar-refractivity contribution in [2.24, 2.45) is 5.92 Å². The van der Waals surface area contributed by atoms with E-state index in [0.717, 1.165) is 0 Å². The Bertz CT molecular complexity index is 913. The van der Waals surface area contributed by atoms with Crippen molar-refractivity contribution in [2.45, 2.75) is 44.2 Å². The fourth-order valence-corrected chi connectivity index (χ4v) is 4.38. The van der Waals surface area contributed by atoms with Crippen molar-refractivity contribution in [1.29, 1.82) is 0 Å². The Labute approximate surface area is 172 Å². The van der Waals surface area contributed by atoms with Gasteiger partial charge >= 0.3 is 0 Å². The number of carbonyl (C=O) groups is 1. The van der Waals surface area contributed by atoms with E-state index < -0.39 is 12.1 Å². The molecule has 156 valence electrons. The number of pyridine rings is 1. The molecule has 1 amide bonds. The van der Waals surface area contributed by atoms with Crippen molar-refractivity contribution < 1.29 is 18.0 Å². The zero-order valence-corrected chi connectivity index (χ0v) is 16.7. The Morgan fingerprint density at radius 1 is 1.21 bits per heavy atom. The van der Waals surface area contributed by atoms with Crippen LogP contribution in [0.2, 0.25) is 5.02 Å². The predicted octanol–water partition coefficient (Wildman–Crippen LogP) is 4.99. The first-order valence-corrected chi connectivity index (χ1v) is 10.3. The van der Waals surface area contributed by atoms with Gasteiger partial charge in [0, 0.05) is 31.3 Å². The highest BCUT2D eigenvalue weighted by Gasteiger charge is 2.35. The molecule has 1 atom stereocenters. The third-order valence-electron chi connectivity index (χ3n) is 5.88. The van der Waals surface area contributed by atoms with Gasteiger partial charge in [0.2, 0.25) is 5.92 Å². The minimum absolute atomic E-state index is 0.0425. The number of rotatable bonds is 4. The van der Waals surface area contributed by atoms with Crippen LogP contribution in [0.4, 0.5) is 19.0 Å². The van der Waals surface area contributed by atoms with Gasteiger partial charge in [0.05, 0.1) is 22.6 Å². The summed E-state index contributed by atoms with van der Waals surface area (Å²) in [5.41, 5.74) is 0.936. The zero-order valence-electron chi connectivity index (χ0n) is 15.9. The minimum atomic E-state index is -2.58. The molecule has 4 rings (SSSR count). The molecule has 1 saturated heterocycles. The van der Waals surface area contributed by atoms with Crippen LogP contribution in [0.15, 0.2) is 24.3 Å². The maximum Gasteiger partial charge on any atom is 0.253 e. The monoisotopic (exact) mass is 425 g/mol. The summed E-state index contributed by atoms with van der Waals surface area (Å²) in [7, 11) is 0. The summed E-state index contributed by atoms with van der Waals surface area (Å²) >= 11 is 6.30. The zero-order chi connectivity index (χ0) is 20.6. The molecule has 2 heterocycles. The fourth-order valence-electron chi connectivity index (χ4n) is 4.13. The number of aromatic nitrogens is 1. The molecule has 2 aromatic rings. The van der Waals surface area contributed by atoms with Gasteiger partial charge in [-0.1, -0.05) is 11.6 Å². The molecule has 1 aromatic heterocycles. The molecule has 29 heavy (non-hydrogen) atoms. The summed E-state index contributed by atoms with van der Waals surface area (Å²) in [6, 6.07) is 6.92. The molecule has 1 aliphatic heterocycles. The van der Waals surface area contributed by atoms with Crippen LogP contribution in [-0.2, 0) is 0 Å². The van der Waals surface area contributed by atoms with E-state index in [-0.39, 0.29) is 24.7 Å². The molecule has 4 nitrogen and oxygen atoms in total. The molecule has 2 aliphatic rings. The Hall–Kier alpha value is -2.02. The highest BCUT2D eigenvalue weighted by Crippen LogP contribution is 2.36. The number of nitrogens with one attached hydrogen (secondary N) is 1. The van der Waals surface area contributed by atoms with E-state index in [1.54, 1.807) is 24.3 Å². The van der Waals surface area contributed by atoms with Gasteiger partial charge in [-0.15, -0.1) is 0 Å². The maximum absolute atomic E-state index is 13.5. The number of hydrogen-bond donors (Lipinski definition) is 1. The molecule has 1 N–H and O–H groups in total. The number of amides is 1. The van der Waals surface area contributed by atoms with E-state index in [4.69, 9.17) is 11.6 Å². The van der Waals surface area contributed by atoms with Crippen LogP contribution in [0.3, 0.4) is 0 Å². The second kappa shape index (κ2) is 8.01. The molecule has 0 bridgehead atoms. The van der Waals surface area contributed by atoms with Gasteiger partial charge in [-0.25, -0.2) is 18.2 Å². The van der Waals surface area contributed by atoms with Gasteiger partial charge in [0.1, 0.15) is 12.0 Å². The summed E-state index contributed by atoms with van der Waals surface area (Å²) in [5.74, 6) is -2.20. The normalized spacial score (nSPS) is 22.2. The SMILES string of the molecule is O=C(NCC1CCC(F)(F)CC1)c1c(Cl)ccc2nc(N3CC[C@H](F)C3)ccc12. The Kier molecular flexibility index (Phi) is 5.60. The van der Waals surface area contributed by atoms with Gasteiger partial charge < -0.3 is 10.2 Å². The summed E-state index contributed by atoms with van der Waals surface area (Å²) in [6.07, 6.45) is 0.163. The molecule has 1 aliphatic carbocycles. The molecule has 1 saturated carbocycles. The lowest BCUT2D eigenvalue weighted by Gasteiger charge is -2.28. The summed E-state index contributed by atoms with van der Waals surface area (Å²) in [4.78, 5) is 19.3. The summed E-state index contributed by atoms with van der Waals surface area (Å²) in [6.45, 7) is 1.28. The number of fused-ring (bicyclic) bond motifs is 1. The standard InChI is InChI=1S/C21H23ClF3N3O/c22-16-2-3-17-15(1-4-18(27-17)28-10-7-14(23)12-28)19(16)20(29)26-11-13-5-8-21(24,25)9-6-13/h1-4,13-14H,5-12H2,(H,26,29)/t14-/m0/s1. The Balaban J connectivity index is 1.50.